The van der Waals surface area contributed by atoms with Gasteiger partial charge in [0.15, 0.2) is 5.65 Å². The van der Waals surface area contributed by atoms with E-state index < -0.39 is 0 Å². The van der Waals surface area contributed by atoms with E-state index in [1.165, 1.54) is 6.42 Å². The molecular weight excluding hydrogens is 314 g/mol. The highest BCUT2D eigenvalue weighted by Crippen LogP contribution is 2.30. The number of hydrogen-bond donors (Lipinski definition) is 0. The lowest BCUT2D eigenvalue weighted by Crippen LogP contribution is -2.39. The fourth-order valence-electron chi connectivity index (χ4n) is 3.83. The van der Waals surface area contributed by atoms with Gasteiger partial charge < -0.3 is 9.64 Å². The standard InChI is InChI=1S/C19H23N5O/c1-13-8-14(2)11-23(10-13)18-17-9-22-24(19(17)21-12-20-18)15-4-6-16(25-3)7-5-15/h4-7,9,12-14H,8,10-11H2,1-3H3/t13-,14-/m0/s1. The molecule has 0 bridgehead atoms. The molecule has 0 spiro atoms. The van der Waals surface area contributed by atoms with Crippen LogP contribution in [0.1, 0.15) is 20.3 Å². The van der Waals surface area contributed by atoms with Crippen LogP contribution in [-0.4, -0.2) is 39.9 Å². The Morgan fingerprint density at radius 2 is 1.76 bits per heavy atom. The number of piperidine rings is 1. The fraction of sp³-hybridized carbons (Fsp3) is 0.421. The molecule has 0 saturated carbocycles. The molecule has 6 heteroatoms. The highest BCUT2D eigenvalue weighted by molar-refractivity contribution is 5.87. The van der Waals surface area contributed by atoms with Gasteiger partial charge >= 0.3 is 0 Å². The molecule has 0 aliphatic carbocycles. The van der Waals surface area contributed by atoms with E-state index in [9.17, 15) is 0 Å². The number of fused-ring (bicyclic) bond motifs is 1. The van der Waals surface area contributed by atoms with Crippen molar-refractivity contribution in [2.45, 2.75) is 20.3 Å². The Morgan fingerprint density at radius 1 is 1.04 bits per heavy atom. The smallest absolute Gasteiger partial charge is 0.168 e. The lowest BCUT2D eigenvalue weighted by atomic mass is 9.92. The summed E-state index contributed by atoms with van der Waals surface area (Å²) in [5, 5.41) is 5.56. The zero-order valence-corrected chi connectivity index (χ0v) is 14.9. The van der Waals surface area contributed by atoms with Crippen molar-refractivity contribution in [3.8, 4) is 11.4 Å². The summed E-state index contributed by atoms with van der Waals surface area (Å²) in [7, 11) is 1.67. The Morgan fingerprint density at radius 3 is 2.44 bits per heavy atom. The number of nitrogens with zero attached hydrogens (tertiary/aromatic N) is 5. The maximum Gasteiger partial charge on any atom is 0.168 e. The van der Waals surface area contributed by atoms with E-state index in [-0.39, 0.29) is 0 Å². The van der Waals surface area contributed by atoms with Gasteiger partial charge in [-0.25, -0.2) is 14.6 Å². The summed E-state index contributed by atoms with van der Waals surface area (Å²) >= 11 is 0. The largest absolute Gasteiger partial charge is 0.497 e. The molecule has 1 aromatic carbocycles. The Bertz CT molecular complexity index is 863. The molecule has 1 saturated heterocycles. The van der Waals surface area contributed by atoms with Gasteiger partial charge in [-0.15, -0.1) is 0 Å². The molecule has 0 unspecified atom stereocenters. The van der Waals surface area contributed by atoms with E-state index in [1.54, 1.807) is 13.4 Å². The van der Waals surface area contributed by atoms with Gasteiger partial charge in [0.25, 0.3) is 0 Å². The maximum atomic E-state index is 5.23. The van der Waals surface area contributed by atoms with Gasteiger partial charge in [-0.05, 0) is 42.5 Å². The summed E-state index contributed by atoms with van der Waals surface area (Å²) in [6.07, 6.45) is 4.79. The topological polar surface area (TPSA) is 56.1 Å². The van der Waals surface area contributed by atoms with Crippen molar-refractivity contribution >= 4 is 16.9 Å². The van der Waals surface area contributed by atoms with E-state index in [0.717, 1.165) is 41.4 Å². The quantitative estimate of drug-likeness (QED) is 0.734. The van der Waals surface area contributed by atoms with Gasteiger partial charge in [-0.2, -0.15) is 5.10 Å². The third-order valence-electron chi connectivity index (χ3n) is 4.83. The first-order chi connectivity index (χ1) is 12.2. The van der Waals surface area contributed by atoms with E-state index in [0.29, 0.717) is 11.8 Å². The molecule has 1 fully saturated rings. The van der Waals surface area contributed by atoms with Crippen LogP contribution in [0, 0.1) is 11.8 Å². The lowest BCUT2D eigenvalue weighted by Gasteiger charge is -2.35. The Balaban J connectivity index is 1.75. The summed E-state index contributed by atoms with van der Waals surface area (Å²) in [6, 6.07) is 7.83. The number of anilines is 1. The predicted octanol–water partition coefficient (Wildman–Crippen LogP) is 3.31. The van der Waals surface area contributed by atoms with Crippen molar-refractivity contribution < 1.29 is 4.74 Å². The highest BCUT2D eigenvalue weighted by atomic mass is 16.5. The zero-order chi connectivity index (χ0) is 17.4. The van der Waals surface area contributed by atoms with Crippen molar-refractivity contribution in [1.29, 1.82) is 0 Å². The van der Waals surface area contributed by atoms with Gasteiger partial charge in [0.2, 0.25) is 0 Å². The molecule has 25 heavy (non-hydrogen) atoms. The predicted molar refractivity (Wildman–Crippen MR) is 98.4 cm³/mol. The molecule has 2 atom stereocenters. The summed E-state index contributed by atoms with van der Waals surface area (Å²) < 4.78 is 7.09. The number of ether oxygens (including phenoxy) is 1. The average Bonchev–Trinajstić information content (AvgIpc) is 3.05. The number of methoxy groups -OCH3 is 1. The minimum Gasteiger partial charge on any atom is -0.497 e. The minimum atomic E-state index is 0.672. The molecule has 1 aliphatic heterocycles. The highest BCUT2D eigenvalue weighted by Gasteiger charge is 2.25. The van der Waals surface area contributed by atoms with E-state index >= 15 is 0 Å². The molecule has 3 aromatic rings. The Hall–Kier alpha value is -2.63. The van der Waals surface area contributed by atoms with Crippen LogP contribution in [-0.2, 0) is 0 Å². The monoisotopic (exact) mass is 337 g/mol. The summed E-state index contributed by atoms with van der Waals surface area (Å²) in [6.45, 7) is 6.68. The van der Waals surface area contributed by atoms with Crippen LogP contribution in [0.5, 0.6) is 5.75 Å². The first kappa shape index (κ1) is 15.9. The summed E-state index contributed by atoms with van der Waals surface area (Å²) in [4.78, 5) is 11.4. The number of benzene rings is 1. The molecule has 2 aromatic heterocycles. The molecule has 1 aliphatic rings. The number of aromatic nitrogens is 4. The van der Waals surface area contributed by atoms with Crippen molar-refractivity contribution in [1.82, 2.24) is 19.7 Å². The first-order valence-corrected chi connectivity index (χ1v) is 8.74. The van der Waals surface area contributed by atoms with E-state index in [4.69, 9.17) is 4.74 Å². The minimum absolute atomic E-state index is 0.672. The van der Waals surface area contributed by atoms with Gasteiger partial charge in [0.05, 0.1) is 24.4 Å². The molecule has 3 heterocycles. The van der Waals surface area contributed by atoms with Crippen LogP contribution in [0.4, 0.5) is 5.82 Å². The van der Waals surface area contributed by atoms with Crippen molar-refractivity contribution in [2.75, 3.05) is 25.1 Å². The first-order valence-electron chi connectivity index (χ1n) is 8.74. The third-order valence-corrected chi connectivity index (χ3v) is 4.83. The number of hydrogen-bond acceptors (Lipinski definition) is 5. The second-order valence-corrected chi connectivity index (χ2v) is 7.04. The Labute approximate surface area is 147 Å². The van der Waals surface area contributed by atoms with Crippen molar-refractivity contribution in [3.63, 3.8) is 0 Å². The molecular formula is C19H23N5O. The van der Waals surface area contributed by atoms with E-state index in [2.05, 4.69) is 33.8 Å². The molecule has 130 valence electrons. The maximum absolute atomic E-state index is 5.23. The van der Waals surface area contributed by atoms with Gasteiger partial charge in [0.1, 0.15) is 17.9 Å². The summed E-state index contributed by atoms with van der Waals surface area (Å²) in [5.74, 6) is 3.16. The third kappa shape index (κ3) is 2.92. The molecule has 0 N–H and O–H groups in total. The zero-order valence-electron chi connectivity index (χ0n) is 14.9. The van der Waals surface area contributed by atoms with Gasteiger partial charge in [-0.1, -0.05) is 13.8 Å². The van der Waals surface area contributed by atoms with Crippen LogP contribution < -0.4 is 9.64 Å². The molecule has 0 amide bonds. The van der Waals surface area contributed by atoms with Crippen molar-refractivity contribution in [3.05, 3.63) is 36.8 Å². The second kappa shape index (κ2) is 6.35. The van der Waals surface area contributed by atoms with Crippen LogP contribution in [0.15, 0.2) is 36.8 Å². The average molecular weight is 337 g/mol. The van der Waals surface area contributed by atoms with Crippen LogP contribution in [0.2, 0.25) is 0 Å². The molecule has 4 rings (SSSR count). The number of rotatable bonds is 3. The van der Waals surface area contributed by atoms with Crippen LogP contribution in [0.3, 0.4) is 0 Å². The Kier molecular flexibility index (Phi) is 4.03. The molecule has 0 radical (unpaired) electrons. The molecule has 6 nitrogen and oxygen atoms in total. The lowest BCUT2D eigenvalue weighted by molar-refractivity contribution is 0.356. The normalized spacial score (nSPS) is 20.8. The fourth-order valence-corrected chi connectivity index (χ4v) is 3.83. The SMILES string of the molecule is COc1ccc(-n2ncc3c(N4C[C@@H](C)C[C@H](C)C4)ncnc32)cc1. The van der Waals surface area contributed by atoms with Crippen molar-refractivity contribution in [2.24, 2.45) is 11.8 Å². The van der Waals surface area contributed by atoms with Gasteiger partial charge in [-0.3, -0.25) is 0 Å². The van der Waals surface area contributed by atoms with Gasteiger partial charge in [0, 0.05) is 13.1 Å². The van der Waals surface area contributed by atoms with Crippen LogP contribution in [0.25, 0.3) is 16.7 Å². The second-order valence-electron chi connectivity index (χ2n) is 7.04. The van der Waals surface area contributed by atoms with E-state index in [1.807, 2.05) is 35.1 Å². The summed E-state index contributed by atoms with van der Waals surface area (Å²) in [5.41, 5.74) is 1.79. The van der Waals surface area contributed by atoms with Crippen LogP contribution >= 0.6 is 0 Å².